The van der Waals surface area contributed by atoms with Crippen molar-refractivity contribution in [3.8, 4) is 0 Å². The third kappa shape index (κ3) is 4.02. The van der Waals surface area contributed by atoms with Crippen molar-refractivity contribution in [3.05, 3.63) is 55.3 Å². The van der Waals surface area contributed by atoms with Crippen molar-refractivity contribution in [2.75, 3.05) is 7.11 Å². The van der Waals surface area contributed by atoms with Gasteiger partial charge in [0.2, 0.25) is 0 Å². The highest BCUT2D eigenvalue weighted by Gasteiger charge is 2.08. The van der Waals surface area contributed by atoms with Crippen LogP contribution in [-0.4, -0.2) is 13.0 Å². The van der Waals surface area contributed by atoms with Gasteiger partial charge in [0.25, 0.3) is 5.91 Å². The van der Waals surface area contributed by atoms with Crippen LogP contribution in [0.5, 0.6) is 0 Å². The molecule has 100 valence electrons. The number of nitrogens with one attached hydrogen (secondary N) is 1. The number of carbonyl (C=O) groups is 1. The second-order valence-electron chi connectivity index (χ2n) is 4.02. The van der Waals surface area contributed by atoms with Crippen molar-refractivity contribution >= 4 is 39.8 Å². The number of benzene rings is 1. The maximum atomic E-state index is 12.0. The topological polar surface area (TPSA) is 38.3 Å². The quantitative estimate of drug-likeness (QED) is 0.799. The predicted octanol–water partition coefficient (Wildman–Crippen LogP) is 3.43. The molecule has 0 spiro atoms. The minimum atomic E-state index is -0.0358. The molecular formula is C14H14INO2S. The average Bonchev–Trinajstić information content (AvgIpc) is 2.84. The van der Waals surface area contributed by atoms with Gasteiger partial charge in [0.1, 0.15) is 0 Å². The molecule has 2 rings (SSSR count). The molecule has 0 fully saturated rings. The highest BCUT2D eigenvalue weighted by molar-refractivity contribution is 14.1. The van der Waals surface area contributed by atoms with Crippen LogP contribution in [0.2, 0.25) is 0 Å². The summed E-state index contributed by atoms with van der Waals surface area (Å²) in [7, 11) is 1.67. The van der Waals surface area contributed by atoms with Crippen molar-refractivity contribution in [3.63, 3.8) is 0 Å². The summed E-state index contributed by atoms with van der Waals surface area (Å²) in [6.45, 7) is 1.08. The lowest BCUT2D eigenvalue weighted by Crippen LogP contribution is -2.22. The first-order valence-corrected chi connectivity index (χ1v) is 7.74. The molecule has 1 N–H and O–H groups in total. The van der Waals surface area contributed by atoms with Crippen LogP contribution in [0.1, 0.15) is 21.5 Å². The van der Waals surface area contributed by atoms with E-state index in [1.165, 1.54) is 0 Å². The lowest BCUT2D eigenvalue weighted by Gasteiger charge is -2.09. The van der Waals surface area contributed by atoms with Gasteiger partial charge in [-0.25, -0.2) is 0 Å². The van der Waals surface area contributed by atoms with Crippen molar-refractivity contribution in [1.29, 1.82) is 0 Å². The minimum absolute atomic E-state index is 0.0358. The van der Waals surface area contributed by atoms with E-state index in [2.05, 4.69) is 27.9 Å². The van der Waals surface area contributed by atoms with E-state index in [-0.39, 0.29) is 5.91 Å². The largest absolute Gasteiger partial charge is 0.380 e. The Labute approximate surface area is 130 Å². The lowest BCUT2D eigenvalue weighted by molar-refractivity contribution is 0.0951. The van der Waals surface area contributed by atoms with Gasteiger partial charge in [0.15, 0.2) is 0 Å². The highest BCUT2D eigenvalue weighted by Crippen LogP contribution is 2.17. The van der Waals surface area contributed by atoms with Gasteiger partial charge in [-0.15, -0.1) is 11.3 Å². The van der Waals surface area contributed by atoms with Crippen LogP contribution in [0.25, 0.3) is 0 Å². The third-order valence-electron chi connectivity index (χ3n) is 2.69. The molecule has 19 heavy (non-hydrogen) atoms. The van der Waals surface area contributed by atoms with E-state index in [9.17, 15) is 4.79 Å². The first-order chi connectivity index (χ1) is 9.20. The van der Waals surface area contributed by atoms with Gasteiger partial charge in [-0.3, -0.25) is 4.79 Å². The number of hydrogen-bond donors (Lipinski definition) is 1. The summed E-state index contributed by atoms with van der Waals surface area (Å²) in [4.78, 5) is 12.0. The second-order valence-corrected chi connectivity index (χ2v) is 6.83. The fourth-order valence-corrected chi connectivity index (χ4v) is 3.06. The Hall–Kier alpha value is -0.920. The highest BCUT2D eigenvalue weighted by atomic mass is 127. The van der Waals surface area contributed by atoms with E-state index in [0.717, 1.165) is 19.6 Å². The third-order valence-corrected chi connectivity index (χ3v) is 4.48. The molecule has 0 radical (unpaired) electrons. The van der Waals surface area contributed by atoms with Gasteiger partial charge in [0.05, 0.1) is 15.1 Å². The number of halogens is 1. The Morgan fingerprint density at radius 2 is 2.11 bits per heavy atom. The molecule has 1 aromatic carbocycles. The Balaban J connectivity index is 2.00. The number of methoxy groups -OCH3 is 1. The number of hydrogen-bond acceptors (Lipinski definition) is 3. The van der Waals surface area contributed by atoms with Gasteiger partial charge < -0.3 is 10.1 Å². The second kappa shape index (κ2) is 7.02. The summed E-state index contributed by atoms with van der Waals surface area (Å²) in [5.74, 6) is -0.0358. The number of amides is 1. The van der Waals surface area contributed by atoms with Crippen LogP contribution < -0.4 is 5.32 Å². The van der Waals surface area contributed by atoms with E-state index in [4.69, 9.17) is 4.74 Å². The molecule has 5 heteroatoms. The van der Waals surface area contributed by atoms with Gasteiger partial charge in [-0.2, -0.15) is 0 Å². The van der Waals surface area contributed by atoms with Gasteiger partial charge in [0, 0.05) is 19.0 Å². The molecule has 1 heterocycles. The molecular weight excluding hydrogens is 373 g/mol. The Morgan fingerprint density at radius 3 is 2.74 bits per heavy atom. The standard InChI is InChI=1S/C14H14INO2S/c1-18-8-11-5-3-2-4-10(11)7-16-14(17)12-6-13(15)19-9-12/h2-6,9H,7-8H2,1H3,(H,16,17). The van der Waals surface area contributed by atoms with Crippen molar-refractivity contribution in [1.82, 2.24) is 5.32 Å². The van der Waals surface area contributed by atoms with Crippen LogP contribution in [0.4, 0.5) is 0 Å². The maximum absolute atomic E-state index is 12.0. The molecule has 2 aromatic rings. The molecule has 0 saturated heterocycles. The Kier molecular flexibility index (Phi) is 5.35. The molecule has 0 aliphatic rings. The SMILES string of the molecule is COCc1ccccc1CNC(=O)c1csc(I)c1. The summed E-state index contributed by atoms with van der Waals surface area (Å²) < 4.78 is 6.26. The van der Waals surface area contributed by atoms with E-state index < -0.39 is 0 Å². The monoisotopic (exact) mass is 387 g/mol. The maximum Gasteiger partial charge on any atom is 0.252 e. The van der Waals surface area contributed by atoms with E-state index in [1.807, 2.05) is 35.7 Å². The van der Waals surface area contributed by atoms with Crippen LogP contribution in [0, 0.1) is 2.88 Å². The molecule has 1 amide bonds. The zero-order chi connectivity index (χ0) is 13.7. The smallest absolute Gasteiger partial charge is 0.252 e. The summed E-state index contributed by atoms with van der Waals surface area (Å²) in [5, 5.41) is 4.81. The molecule has 0 atom stereocenters. The number of rotatable bonds is 5. The first kappa shape index (κ1) is 14.5. The van der Waals surface area contributed by atoms with Crippen LogP contribution in [0.15, 0.2) is 35.7 Å². The molecule has 3 nitrogen and oxygen atoms in total. The van der Waals surface area contributed by atoms with Crippen LogP contribution in [-0.2, 0) is 17.9 Å². The summed E-state index contributed by atoms with van der Waals surface area (Å²) >= 11 is 3.78. The van der Waals surface area contributed by atoms with Crippen molar-refractivity contribution < 1.29 is 9.53 Å². The molecule has 0 aliphatic heterocycles. The minimum Gasteiger partial charge on any atom is -0.380 e. The molecule has 0 aliphatic carbocycles. The molecule has 0 unspecified atom stereocenters. The van der Waals surface area contributed by atoms with Crippen LogP contribution >= 0.6 is 33.9 Å². The van der Waals surface area contributed by atoms with Gasteiger partial charge >= 0.3 is 0 Å². The number of thiophene rings is 1. The number of carbonyl (C=O) groups excluding carboxylic acids is 1. The predicted molar refractivity (Wildman–Crippen MR) is 85.4 cm³/mol. The summed E-state index contributed by atoms with van der Waals surface area (Å²) in [6, 6.07) is 9.85. The van der Waals surface area contributed by atoms with Gasteiger partial charge in [-0.05, 0) is 39.8 Å². The molecule has 0 saturated carbocycles. The molecule has 0 bridgehead atoms. The van der Waals surface area contributed by atoms with Crippen LogP contribution in [0.3, 0.4) is 0 Å². The lowest BCUT2D eigenvalue weighted by atomic mass is 10.1. The van der Waals surface area contributed by atoms with E-state index in [0.29, 0.717) is 13.2 Å². The van der Waals surface area contributed by atoms with E-state index >= 15 is 0 Å². The fraction of sp³-hybridized carbons (Fsp3) is 0.214. The number of ether oxygens (including phenoxy) is 1. The Morgan fingerprint density at radius 1 is 1.37 bits per heavy atom. The van der Waals surface area contributed by atoms with Crippen molar-refractivity contribution in [2.24, 2.45) is 0 Å². The first-order valence-electron chi connectivity index (χ1n) is 5.78. The molecule has 1 aromatic heterocycles. The zero-order valence-corrected chi connectivity index (χ0v) is 13.5. The summed E-state index contributed by atoms with van der Waals surface area (Å²) in [6.07, 6.45) is 0. The van der Waals surface area contributed by atoms with E-state index in [1.54, 1.807) is 18.4 Å². The average molecular weight is 387 g/mol. The fourth-order valence-electron chi connectivity index (χ4n) is 1.73. The zero-order valence-electron chi connectivity index (χ0n) is 10.5. The Bertz CT molecular complexity index is 568. The van der Waals surface area contributed by atoms with Crippen molar-refractivity contribution in [2.45, 2.75) is 13.2 Å². The summed E-state index contributed by atoms with van der Waals surface area (Å²) in [5.41, 5.74) is 2.91. The van der Waals surface area contributed by atoms with Gasteiger partial charge in [-0.1, -0.05) is 24.3 Å². The normalized spacial score (nSPS) is 10.4.